The number of benzene rings is 2. The molecule has 146 valence electrons. The van der Waals surface area contributed by atoms with Crippen molar-refractivity contribution in [2.24, 2.45) is 4.99 Å². The van der Waals surface area contributed by atoms with Crippen molar-refractivity contribution in [3.05, 3.63) is 58.7 Å². The van der Waals surface area contributed by atoms with Crippen molar-refractivity contribution in [1.82, 2.24) is 5.32 Å². The standard InChI is InChI=1S/C23H26N2O3/c1-24-23(26)15-10-8-14(9-11-15)22-18-13-21(28-3)20(27-2)12-17(18)16-6-4-5-7-19(16)25-22/h8-13,16,19H,4-7H2,1-3H3,(H,24,26)/t16-,19-/m1/s1. The lowest BCUT2D eigenvalue weighted by molar-refractivity contribution is 0.0963. The van der Waals surface area contributed by atoms with Crippen LogP contribution in [0.5, 0.6) is 11.5 Å². The number of amides is 1. The Labute approximate surface area is 165 Å². The van der Waals surface area contributed by atoms with E-state index in [0.29, 0.717) is 23.3 Å². The van der Waals surface area contributed by atoms with Gasteiger partial charge >= 0.3 is 0 Å². The van der Waals surface area contributed by atoms with Crippen LogP contribution in [0.25, 0.3) is 0 Å². The molecule has 5 heteroatoms. The highest BCUT2D eigenvalue weighted by Gasteiger charge is 2.34. The second kappa shape index (κ2) is 7.66. The zero-order valence-electron chi connectivity index (χ0n) is 16.6. The van der Waals surface area contributed by atoms with E-state index >= 15 is 0 Å². The summed E-state index contributed by atoms with van der Waals surface area (Å²) in [6.45, 7) is 0. The molecule has 1 aliphatic heterocycles. The van der Waals surface area contributed by atoms with Crippen LogP contribution in [0.15, 0.2) is 41.4 Å². The van der Waals surface area contributed by atoms with Gasteiger partial charge < -0.3 is 14.8 Å². The van der Waals surface area contributed by atoms with Crippen LogP contribution in [0.2, 0.25) is 0 Å². The molecule has 2 atom stereocenters. The third-order valence-corrected chi connectivity index (χ3v) is 5.88. The molecule has 0 saturated heterocycles. The summed E-state index contributed by atoms with van der Waals surface area (Å²) in [6, 6.07) is 12.1. The lowest BCUT2D eigenvalue weighted by atomic mass is 9.75. The first kappa shape index (κ1) is 18.5. The maximum absolute atomic E-state index is 11.9. The molecule has 28 heavy (non-hydrogen) atoms. The van der Waals surface area contributed by atoms with E-state index in [0.717, 1.165) is 35.4 Å². The Bertz CT molecular complexity index is 918. The number of nitrogens with one attached hydrogen (secondary N) is 1. The van der Waals surface area contributed by atoms with Crippen molar-refractivity contribution in [3.8, 4) is 11.5 Å². The van der Waals surface area contributed by atoms with Crippen LogP contribution >= 0.6 is 0 Å². The van der Waals surface area contributed by atoms with Crippen molar-refractivity contribution in [1.29, 1.82) is 0 Å². The van der Waals surface area contributed by atoms with E-state index in [4.69, 9.17) is 14.5 Å². The van der Waals surface area contributed by atoms with Crippen molar-refractivity contribution in [3.63, 3.8) is 0 Å². The first-order valence-corrected chi connectivity index (χ1v) is 9.83. The highest BCUT2D eigenvalue weighted by atomic mass is 16.5. The van der Waals surface area contributed by atoms with Crippen molar-refractivity contribution in [2.75, 3.05) is 21.3 Å². The Morgan fingerprint density at radius 3 is 2.39 bits per heavy atom. The minimum absolute atomic E-state index is 0.0868. The molecule has 2 aromatic rings. The predicted octanol–water partition coefficient (Wildman–Crippen LogP) is 3.94. The van der Waals surface area contributed by atoms with Gasteiger partial charge in [-0.2, -0.15) is 0 Å². The first-order valence-electron chi connectivity index (χ1n) is 9.83. The molecule has 0 spiro atoms. The molecule has 0 radical (unpaired) electrons. The van der Waals surface area contributed by atoms with Crippen LogP contribution in [-0.2, 0) is 0 Å². The SMILES string of the molecule is CNC(=O)c1ccc(C2=N[C@@H]3CCCC[C@@H]3c3cc(OC)c(OC)cc32)cc1. The van der Waals surface area contributed by atoms with E-state index in [1.807, 2.05) is 30.3 Å². The Morgan fingerprint density at radius 2 is 1.71 bits per heavy atom. The third-order valence-electron chi connectivity index (χ3n) is 5.88. The lowest BCUT2D eigenvalue weighted by Crippen LogP contribution is -2.29. The predicted molar refractivity (Wildman–Crippen MR) is 110 cm³/mol. The molecule has 0 unspecified atom stereocenters. The number of aliphatic imine (C=N–C) groups is 1. The van der Waals surface area contributed by atoms with E-state index in [1.165, 1.54) is 18.4 Å². The summed E-state index contributed by atoms with van der Waals surface area (Å²) >= 11 is 0. The minimum Gasteiger partial charge on any atom is -0.493 e. The molecule has 1 saturated carbocycles. The van der Waals surface area contributed by atoms with Gasteiger partial charge in [-0.15, -0.1) is 0 Å². The van der Waals surface area contributed by atoms with Gasteiger partial charge in [0.15, 0.2) is 11.5 Å². The van der Waals surface area contributed by atoms with Gasteiger partial charge in [0.25, 0.3) is 5.91 Å². The van der Waals surface area contributed by atoms with Crippen LogP contribution in [0.3, 0.4) is 0 Å². The van der Waals surface area contributed by atoms with E-state index in [-0.39, 0.29) is 5.91 Å². The second-order valence-electron chi connectivity index (χ2n) is 7.39. The number of hydrogen-bond donors (Lipinski definition) is 1. The van der Waals surface area contributed by atoms with Crippen LogP contribution in [0, 0.1) is 0 Å². The second-order valence-corrected chi connectivity index (χ2v) is 7.39. The molecule has 1 fully saturated rings. The molecule has 2 aromatic carbocycles. The average Bonchev–Trinajstić information content (AvgIpc) is 2.77. The monoisotopic (exact) mass is 378 g/mol. The molecule has 0 aromatic heterocycles. The molecule has 2 aliphatic rings. The maximum Gasteiger partial charge on any atom is 0.251 e. The van der Waals surface area contributed by atoms with Gasteiger partial charge in [0.1, 0.15) is 0 Å². The zero-order valence-corrected chi connectivity index (χ0v) is 16.6. The van der Waals surface area contributed by atoms with E-state index in [2.05, 4.69) is 11.4 Å². The summed E-state index contributed by atoms with van der Waals surface area (Å²) in [6.07, 6.45) is 4.72. The number of carbonyl (C=O) groups is 1. The molecule has 1 aliphatic carbocycles. The fourth-order valence-corrected chi connectivity index (χ4v) is 4.42. The van der Waals surface area contributed by atoms with E-state index in [1.54, 1.807) is 21.3 Å². The summed E-state index contributed by atoms with van der Waals surface area (Å²) in [5.41, 5.74) is 5.04. The summed E-state index contributed by atoms with van der Waals surface area (Å²) < 4.78 is 11.1. The van der Waals surface area contributed by atoms with Gasteiger partial charge in [-0.25, -0.2) is 0 Å². The molecule has 5 nitrogen and oxygen atoms in total. The Balaban J connectivity index is 1.83. The smallest absolute Gasteiger partial charge is 0.251 e. The van der Waals surface area contributed by atoms with Crippen molar-refractivity contribution < 1.29 is 14.3 Å². The van der Waals surface area contributed by atoms with Gasteiger partial charge in [0, 0.05) is 29.7 Å². The lowest BCUT2D eigenvalue weighted by Gasteiger charge is -2.35. The van der Waals surface area contributed by atoms with Gasteiger partial charge in [-0.05, 0) is 42.7 Å². The molecule has 1 N–H and O–H groups in total. The van der Waals surface area contributed by atoms with Crippen LogP contribution in [-0.4, -0.2) is 38.9 Å². The van der Waals surface area contributed by atoms with Gasteiger partial charge in [-0.3, -0.25) is 9.79 Å². The van der Waals surface area contributed by atoms with Gasteiger partial charge in [0.05, 0.1) is 26.0 Å². The summed E-state index contributed by atoms with van der Waals surface area (Å²) in [5.74, 6) is 1.82. The maximum atomic E-state index is 11.9. The zero-order chi connectivity index (χ0) is 19.7. The number of ether oxygens (including phenoxy) is 2. The molecule has 0 bridgehead atoms. The van der Waals surface area contributed by atoms with Crippen LogP contribution < -0.4 is 14.8 Å². The highest BCUT2D eigenvalue weighted by molar-refractivity contribution is 6.15. The third kappa shape index (κ3) is 3.15. The average molecular weight is 378 g/mol. The topological polar surface area (TPSA) is 59.9 Å². The Morgan fingerprint density at radius 1 is 1.04 bits per heavy atom. The van der Waals surface area contributed by atoms with Crippen molar-refractivity contribution in [2.45, 2.75) is 37.6 Å². The fraction of sp³-hybridized carbons (Fsp3) is 0.391. The number of nitrogens with zero attached hydrogens (tertiary/aromatic N) is 1. The van der Waals surface area contributed by atoms with Crippen LogP contribution in [0.1, 0.15) is 58.6 Å². The Hall–Kier alpha value is -2.82. The number of methoxy groups -OCH3 is 2. The van der Waals surface area contributed by atoms with E-state index < -0.39 is 0 Å². The van der Waals surface area contributed by atoms with E-state index in [9.17, 15) is 4.79 Å². The first-order chi connectivity index (χ1) is 13.7. The molecular weight excluding hydrogens is 352 g/mol. The number of carbonyl (C=O) groups excluding carboxylic acids is 1. The number of rotatable bonds is 4. The summed E-state index contributed by atoms with van der Waals surface area (Å²) in [5, 5.41) is 2.66. The van der Waals surface area contributed by atoms with Crippen molar-refractivity contribution >= 4 is 11.6 Å². The largest absolute Gasteiger partial charge is 0.493 e. The fourth-order valence-electron chi connectivity index (χ4n) is 4.42. The number of hydrogen-bond acceptors (Lipinski definition) is 4. The van der Waals surface area contributed by atoms with Gasteiger partial charge in [-0.1, -0.05) is 25.0 Å². The quantitative estimate of drug-likeness (QED) is 0.877. The molecule has 4 rings (SSSR count). The minimum atomic E-state index is -0.0868. The van der Waals surface area contributed by atoms with Crippen LogP contribution in [0.4, 0.5) is 0 Å². The normalized spacial score (nSPS) is 20.5. The molecule has 1 amide bonds. The number of fused-ring (bicyclic) bond motifs is 3. The summed E-state index contributed by atoms with van der Waals surface area (Å²) in [4.78, 5) is 17.0. The summed E-state index contributed by atoms with van der Waals surface area (Å²) in [7, 11) is 4.98. The molecule has 1 heterocycles. The Kier molecular flexibility index (Phi) is 5.07. The van der Waals surface area contributed by atoms with Gasteiger partial charge in [0.2, 0.25) is 0 Å². The molecular formula is C23H26N2O3. The highest BCUT2D eigenvalue weighted by Crippen LogP contribution is 2.44.